The lowest BCUT2D eigenvalue weighted by atomic mass is 10.1. The number of carboxylic acid groups (broad SMARTS) is 4. The number of esters is 1. The molecule has 1 fully saturated rings. The Kier molecular flexibility index (Phi) is 13.6. The van der Waals surface area contributed by atoms with Crippen molar-refractivity contribution in [2.75, 3.05) is 51.7 Å². The maximum Gasteiger partial charge on any atom is 0.414 e. The number of carboxylic acids is 4. The minimum Gasteiger partial charge on any atom is -0.473 e. The molecular weight excluding hydrogens is 546 g/mol. The second-order valence-corrected chi connectivity index (χ2v) is 9.23. The van der Waals surface area contributed by atoms with Crippen LogP contribution < -0.4 is 5.32 Å². The first kappa shape index (κ1) is 32.2. The molecule has 0 atom stereocenters. The fourth-order valence-electron chi connectivity index (χ4n) is 2.84. The molecule has 14 nitrogen and oxygen atoms in total. The van der Waals surface area contributed by atoms with E-state index in [4.69, 9.17) is 44.3 Å². The Hall–Kier alpha value is -3.86. The zero-order valence-electron chi connectivity index (χ0n) is 20.4. The lowest BCUT2D eigenvalue weighted by Crippen LogP contribution is -2.47. The number of thiophene rings is 2. The molecule has 2 aromatic heterocycles. The maximum absolute atomic E-state index is 12.5. The molecule has 0 unspecified atom stereocenters. The Morgan fingerprint density at radius 3 is 1.92 bits per heavy atom. The lowest BCUT2D eigenvalue weighted by Gasteiger charge is -2.31. The van der Waals surface area contributed by atoms with Gasteiger partial charge < -0.3 is 35.4 Å². The maximum atomic E-state index is 12.5. The number of carbonyl (C=O) groups is 6. The number of ether oxygens (including phenoxy) is 1. The van der Waals surface area contributed by atoms with Gasteiger partial charge in [0, 0.05) is 42.0 Å². The Labute approximate surface area is 224 Å². The molecule has 0 aliphatic carbocycles. The number of likely N-dealkylation sites (N-methyl/N-ethyl adjacent to an activating group) is 1. The molecule has 0 saturated carbocycles. The Morgan fingerprint density at radius 2 is 1.47 bits per heavy atom. The highest BCUT2D eigenvalue weighted by Crippen LogP contribution is 2.38. The van der Waals surface area contributed by atoms with Crippen molar-refractivity contribution in [1.29, 1.82) is 0 Å². The number of nitrogens with zero attached hydrogens (tertiary/aromatic N) is 2. The van der Waals surface area contributed by atoms with Crippen LogP contribution >= 0.6 is 22.7 Å². The van der Waals surface area contributed by atoms with Gasteiger partial charge in [0.25, 0.3) is 0 Å². The standard InChI is InChI=1S/C18H23N3O3S2.2C2H2O4/c1-3-24-18(23)16-13(14-5-4-10-25-14)12-26-17(16)19-15(22)11-21-8-6-20(2)7-9-21;2*3-1(4)2(5)6/h4-5,10,12H,3,6-9,11H2,1-2H3,(H,19,22);2*(H,3,4)(H,5,6). The van der Waals surface area contributed by atoms with Crippen LogP contribution in [0, 0.1) is 0 Å². The number of anilines is 1. The Morgan fingerprint density at radius 1 is 0.921 bits per heavy atom. The van der Waals surface area contributed by atoms with E-state index in [1.54, 1.807) is 18.3 Å². The molecule has 3 heterocycles. The molecule has 0 aromatic carbocycles. The summed E-state index contributed by atoms with van der Waals surface area (Å²) in [6.45, 7) is 6.08. The second-order valence-electron chi connectivity index (χ2n) is 7.40. The quantitative estimate of drug-likeness (QED) is 0.243. The molecule has 0 spiro atoms. The van der Waals surface area contributed by atoms with Crippen LogP contribution in [0.15, 0.2) is 22.9 Å². The number of hydrogen-bond acceptors (Lipinski definition) is 11. The Balaban J connectivity index is 0.000000503. The predicted molar refractivity (Wildman–Crippen MR) is 137 cm³/mol. The molecule has 1 aliphatic heterocycles. The number of hydrogen-bond donors (Lipinski definition) is 5. The normalized spacial score (nSPS) is 13.1. The number of nitrogens with one attached hydrogen (secondary N) is 1. The summed E-state index contributed by atoms with van der Waals surface area (Å²) >= 11 is 2.93. The third-order valence-corrected chi connectivity index (χ3v) is 6.44. The van der Waals surface area contributed by atoms with Crippen LogP contribution in [0.25, 0.3) is 10.4 Å². The van der Waals surface area contributed by atoms with E-state index in [0.717, 1.165) is 36.6 Å². The first-order valence-corrected chi connectivity index (χ1v) is 12.6. The molecule has 208 valence electrons. The summed E-state index contributed by atoms with van der Waals surface area (Å²) in [4.78, 5) is 66.7. The summed E-state index contributed by atoms with van der Waals surface area (Å²) in [7, 11) is 2.08. The molecule has 2 aromatic rings. The monoisotopic (exact) mass is 573 g/mol. The highest BCUT2D eigenvalue weighted by atomic mass is 32.1. The Bertz CT molecular complexity index is 1080. The number of carbonyl (C=O) groups excluding carboxylic acids is 2. The van der Waals surface area contributed by atoms with Crippen LogP contribution in [0.2, 0.25) is 0 Å². The first-order chi connectivity index (χ1) is 17.9. The molecule has 38 heavy (non-hydrogen) atoms. The predicted octanol–water partition coefficient (Wildman–Crippen LogP) is 1.15. The van der Waals surface area contributed by atoms with Gasteiger partial charge in [0.15, 0.2) is 0 Å². The zero-order valence-corrected chi connectivity index (χ0v) is 22.0. The summed E-state index contributed by atoms with van der Waals surface area (Å²) in [6.07, 6.45) is 0. The van der Waals surface area contributed by atoms with Gasteiger partial charge in [0.05, 0.1) is 13.2 Å². The van der Waals surface area contributed by atoms with Gasteiger partial charge in [-0.25, -0.2) is 24.0 Å². The molecule has 1 amide bonds. The lowest BCUT2D eigenvalue weighted by molar-refractivity contribution is -0.159. The topological polar surface area (TPSA) is 211 Å². The molecule has 5 N–H and O–H groups in total. The third-order valence-electron chi connectivity index (χ3n) is 4.64. The fourth-order valence-corrected chi connectivity index (χ4v) is 4.63. The smallest absolute Gasteiger partial charge is 0.414 e. The number of amides is 1. The second kappa shape index (κ2) is 16.1. The van der Waals surface area contributed by atoms with Crippen molar-refractivity contribution >= 4 is 63.4 Å². The van der Waals surface area contributed by atoms with Crippen LogP contribution in [0.4, 0.5) is 5.00 Å². The SMILES string of the molecule is CCOC(=O)c1c(-c2cccs2)csc1NC(=O)CN1CCN(C)CC1.O=C(O)C(=O)O.O=C(O)C(=O)O. The summed E-state index contributed by atoms with van der Waals surface area (Å²) in [5, 5.41) is 36.9. The molecule has 3 rings (SSSR count). The average molecular weight is 574 g/mol. The van der Waals surface area contributed by atoms with E-state index in [0.29, 0.717) is 23.7 Å². The number of rotatable bonds is 6. The van der Waals surface area contributed by atoms with Gasteiger partial charge in [-0.3, -0.25) is 9.69 Å². The first-order valence-electron chi connectivity index (χ1n) is 10.8. The van der Waals surface area contributed by atoms with Gasteiger partial charge in [-0.15, -0.1) is 22.7 Å². The third kappa shape index (κ3) is 11.0. The largest absolute Gasteiger partial charge is 0.473 e. The van der Waals surface area contributed by atoms with Crippen molar-refractivity contribution in [3.8, 4) is 10.4 Å². The van der Waals surface area contributed by atoms with Crippen LogP contribution in [0.1, 0.15) is 17.3 Å². The van der Waals surface area contributed by atoms with Crippen molar-refractivity contribution in [1.82, 2.24) is 9.80 Å². The van der Waals surface area contributed by atoms with E-state index in [1.807, 2.05) is 22.9 Å². The van der Waals surface area contributed by atoms with E-state index in [9.17, 15) is 9.59 Å². The van der Waals surface area contributed by atoms with Gasteiger partial charge in [-0.05, 0) is 25.4 Å². The average Bonchev–Trinajstić information content (AvgIpc) is 3.51. The van der Waals surface area contributed by atoms with E-state index in [1.165, 1.54) is 11.3 Å². The van der Waals surface area contributed by atoms with Gasteiger partial charge >= 0.3 is 29.8 Å². The highest BCUT2D eigenvalue weighted by Gasteiger charge is 2.24. The number of piperazine rings is 1. The molecule has 1 aliphatic rings. The van der Waals surface area contributed by atoms with Crippen molar-refractivity contribution in [3.05, 3.63) is 28.5 Å². The molecule has 16 heteroatoms. The van der Waals surface area contributed by atoms with E-state index in [-0.39, 0.29) is 5.91 Å². The van der Waals surface area contributed by atoms with Crippen LogP contribution in [-0.4, -0.2) is 112 Å². The van der Waals surface area contributed by atoms with Gasteiger partial charge in [0.2, 0.25) is 5.91 Å². The van der Waals surface area contributed by atoms with E-state index >= 15 is 0 Å². The summed E-state index contributed by atoms with van der Waals surface area (Å²) in [5.41, 5.74) is 1.27. The van der Waals surface area contributed by atoms with Crippen molar-refractivity contribution in [2.24, 2.45) is 0 Å². The molecule has 0 bridgehead atoms. The summed E-state index contributed by atoms with van der Waals surface area (Å²) in [5.74, 6) is -7.79. The molecule has 0 radical (unpaired) electrons. The van der Waals surface area contributed by atoms with Crippen LogP contribution in [-0.2, 0) is 28.7 Å². The molecule has 1 saturated heterocycles. The zero-order chi connectivity index (χ0) is 28.8. The minimum absolute atomic E-state index is 0.0975. The van der Waals surface area contributed by atoms with Crippen LogP contribution in [0.5, 0.6) is 0 Å². The van der Waals surface area contributed by atoms with Crippen LogP contribution in [0.3, 0.4) is 0 Å². The van der Waals surface area contributed by atoms with Gasteiger partial charge in [0.1, 0.15) is 10.6 Å². The van der Waals surface area contributed by atoms with E-state index < -0.39 is 29.8 Å². The number of aliphatic carboxylic acids is 4. The van der Waals surface area contributed by atoms with Gasteiger partial charge in [-0.1, -0.05) is 6.07 Å². The highest BCUT2D eigenvalue weighted by molar-refractivity contribution is 7.17. The minimum atomic E-state index is -1.82. The summed E-state index contributed by atoms with van der Waals surface area (Å²) < 4.78 is 5.21. The van der Waals surface area contributed by atoms with E-state index in [2.05, 4.69) is 22.2 Å². The summed E-state index contributed by atoms with van der Waals surface area (Å²) in [6, 6.07) is 3.91. The van der Waals surface area contributed by atoms with Gasteiger partial charge in [-0.2, -0.15) is 0 Å². The molecular formula is C22H27N3O11S2. The van der Waals surface area contributed by atoms with Crippen molar-refractivity contribution < 1.29 is 53.9 Å². The van der Waals surface area contributed by atoms with Crippen molar-refractivity contribution in [2.45, 2.75) is 6.92 Å². The van der Waals surface area contributed by atoms with Crippen molar-refractivity contribution in [3.63, 3.8) is 0 Å². The fraction of sp³-hybridized carbons (Fsp3) is 0.364.